The van der Waals surface area contributed by atoms with Gasteiger partial charge in [-0.05, 0) is 49.1 Å². The molecule has 0 spiro atoms. The predicted molar refractivity (Wildman–Crippen MR) is 87.0 cm³/mol. The maximum absolute atomic E-state index is 12.2. The third-order valence-electron chi connectivity index (χ3n) is 3.48. The SMILES string of the molecule is CCCNCc1csc(S(=O)(=O)NCC2(SC)CC2)c1. The molecule has 0 atom stereocenters. The Morgan fingerprint density at radius 3 is 2.80 bits per heavy atom. The summed E-state index contributed by atoms with van der Waals surface area (Å²) in [6.07, 6.45) is 5.33. The van der Waals surface area contributed by atoms with Crippen molar-refractivity contribution < 1.29 is 8.42 Å². The van der Waals surface area contributed by atoms with Crippen LogP contribution in [0.5, 0.6) is 0 Å². The fourth-order valence-corrected chi connectivity index (χ4v) is 5.09. The van der Waals surface area contributed by atoms with E-state index in [-0.39, 0.29) is 4.75 Å². The first-order valence-electron chi connectivity index (χ1n) is 6.84. The molecule has 1 heterocycles. The van der Waals surface area contributed by atoms with E-state index in [0.29, 0.717) is 10.8 Å². The van der Waals surface area contributed by atoms with Crippen molar-refractivity contribution in [1.29, 1.82) is 0 Å². The molecule has 4 nitrogen and oxygen atoms in total. The Bertz CT molecular complexity index is 536. The fourth-order valence-electron chi connectivity index (χ4n) is 1.89. The average molecular weight is 335 g/mol. The van der Waals surface area contributed by atoms with E-state index >= 15 is 0 Å². The van der Waals surface area contributed by atoms with Crippen molar-refractivity contribution in [1.82, 2.24) is 10.0 Å². The second kappa shape index (κ2) is 6.79. The van der Waals surface area contributed by atoms with Gasteiger partial charge < -0.3 is 5.32 Å². The summed E-state index contributed by atoms with van der Waals surface area (Å²) < 4.78 is 27.8. The zero-order chi connectivity index (χ0) is 14.6. The Balaban J connectivity index is 1.92. The Morgan fingerprint density at radius 1 is 1.45 bits per heavy atom. The Morgan fingerprint density at radius 2 is 2.20 bits per heavy atom. The lowest BCUT2D eigenvalue weighted by atomic mass is 10.3. The molecule has 1 aliphatic carbocycles. The molecule has 0 bridgehead atoms. The van der Waals surface area contributed by atoms with Crippen molar-refractivity contribution in [2.45, 2.75) is 41.7 Å². The van der Waals surface area contributed by atoms with Crippen LogP contribution in [0.25, 0.3) is 0 Å². The first-order valence-corrected chi connectivity index (χ1v) is 10.4. The van der Waals surface area contributed by atoms with Crippen molar-refractivity contribution in [3.05, 3.63) is 17.0 Å². The molecule has 1 fully saturated rings. The molecule has 0 unspecified atom stereocenters. The van der Waals surface area contributed by atoms with E-state index in [1.165, 1.54) is 11.3 Å². The van der Waals surface area contributed by atoms with Crippen LogP contribution in [0.3, 0.4) is 0 Å². The van der Waals surface area contributed by atoms with E-state index in [1.807, 2.05) is 11.6 Å². The molecule has 114 valence electrons. The maximum Gasteiger partial charge on any atom is 0.250 e. The minimum Gasteiger partial charge on any atom is -0.313 e. The number of thiophene rings is 1. The summed E-state index contributed by atoms with van der Waals surface area (Å²) in [4.78, 5) is 0. The van der Waals surface area contributed by atoms with Gasteiger partial charge in [-0.1, -0.05) is 6.92 Å². The highest BCUT2D eigenvalue weighted by Gasteiger charge is 2.42. The van der Waals surface area contributed by atoms with Crippen LogP contribution in [0.2, 0.25) is 0 Å². The minimum atomic E-state index is -3.35. The van der Waals surface area contributed by atoms with Gasteiger partial charge in [0.05, 0.1) is 0 Å². The van der Waals surface area contributed by atoms with Crippen molar-refractivity contribution in [3.63, 3.8) is 0 Å². The number of hydrogen-bond acceptors (Lipinski definition) is 5. The summed E-state index contributed by atoms with van der Waals surface area (Å²) in [5.74, 6) is 0. The molecular weight excluding hydrogens is 312 g/mol. The van der Waals surface area contributed by atoms with Gasteiger partial charge in [0, 0.05) is 17.8 Å². The summed E-state index contributed by atoms with van der Waals surface area (Å²) in [5, 5.41) is 5.19. The van der Waals surface area contributed by atoms with Crippen molar-refractivity contribution in [2.75, 3.05) is 19.3 Å². The lowest BCUT2D eigenvalue weighted by molar-refractivity contribution is 0.581. The smallest absolute Gasteiger partial charge is 0.250 e. The van der Waals surface area contributed by atoms with Crippen LogP contribution in [0.15, 0.2) is 15.7 Å². The van der Waals surface area contributed by atoms with Crippen LogP contribution in [0, 0.1) is 0 Å². The number of nitrogens with one attached hydrogen (secondary N) is 2. The third kappa shape index (κ3) is 4.21. The highest BCUT2D eigenvalue weighted by molar-refractivity contribution is 8.00. The zero-order valence-corrected chi connectivity index (χ0v) is 14.4. The molecule has 0 aliphatic heterocycles. The molecule has 0 radical (unpaired) electrons. The van der Waals surface area contributed by atoms with Crippen LogP contribution >= 0.6 is 23.1 Å². The van der Waals surface area contributed by atoms with E-state index in [9.17, 15) is 8.42 Å². The summed E-state index contributed by atoms with van der Waals surface area (Å²) >= 11 is 3.06. The summed E-state index contributed by atoms with van der Waals surface area (Å²) in [7, 11) is -3.35. The molecule has 1 aromatic heterocycles. The Hall–Kier alpha value is -0.0800. The average Bonchev–Trinajstić information content (AvgIpc) is 3.06. The third-order valence-corrected chi connectivity index (χ3v) is 7.78. The van der Waals surface area contributed by atoms with Gasteiger partial charge in [-0.2, -0.15) is 11.8 Å². The van der Waals surface area contributed by atoms with Gasteiger partial charge in [0.2, 0.25) is 10.0 Å². The molecule has 20 heavy (non-hydrogen) atoms. The van der Waals surface area contributed by atoms with Crippen LogP contribution in [0.1, 0.15) is 31.7 Å². The molecule has 2 N–H and O–H groups in total. The Kier molecular flexibility index (Phi) is 5.53. The van der Waals surface area contributed by atoms with Crippen LogP contribution < -0.4 is 10.0 Å². The van der Waals surface area contributed by atoms with Crippen molar-refractivity contribution in [3.8, 4) is 0 Å². The fraction of sp³-hybridized carbons (Fsp3) is 0.692. The van der Waals surface area contributed by atoms with Gasteiger partial charge in [0.25, 0.3) is 0 Å². The van der Waals surface area contributed by atoms with E-state index in [2.05, 4.69) is 17.0 Å². The van der Waals surface area contributed by atoms with E-state index in [0.717, 1.165) is 37.9 Å². The van der Waals surface area contributed by atoms with E-state index < -0.39 is 10.0 Å². The molecule has 1 aromatic rings. The van der Waals surface area contributed by atoms with Gasteiger partial charge in [-0.15, -0.1) is 11.3 Å². The lowest BCUT2D eigenvalue weighted by Crippen LogP contribution is -2.31. The summed E-state index contributed by atoms with van der Waals surface area (Å²) in [6.45, 7) is 4.33. The molecule has 0 amide bonds. The highest BCUT2D eigenvalue weighted by atomic mass is 32.2. The second-order valence-corrected chi connectivity index (χ2v) is 9.34. The highest BCUT2D eigenvalue weighted by Crippen LogP contribution is 2.46. The number of sulfonamides is 1. The monoisotopic (exact) mass is 334 g/mol. The van der Waals surface area contributed by atoms with Gasteiger partial charge in [0.15, 0.2) is 0 Å². The van der Waals surface area contributed by atoms with Gasteiger partial charge in [-0.25, -0.2) is 13.1 Å². The van der Waals surface area contributed by atoms with Crippen molar-refractivity contribution >= 4 is 33.1 Å². The molecular formula is C13H22N2O2S3. The van der Waals surface area contributed by atoms with Gasteiger partial charge >= 0.3 is 0 Å². The first-order chi connectivity index (χ1) is 9.51. The summed E-state index contributed by atoms with van der Waals surface area (Å²) in [6, 6.07) is 1.77. The largest absolute Gasteiger partial charge is 0.313 e. The number of hydrogen-bond donors (Lipinski definition) is 2. The molecule has 1 aliphatic rings. The number of rotatable bonds is 9. The quantitative estimate of drug-likeness (QED) is 0.681. The molecule has 2 rings (SSSR count). The topological polar surface area (TPSA) is 58.2 Å². The van der Waals surface area contributed by atoms with Crippen molar-refractivity contribution in [2.24, 2.45) is 0 Å². The van der Waals surface area contributed by atoms with Crippen LogP contribution in [-0.4, -0.2) is 32.5 Å². The molecule has 0 aromatic carbocycles. The van der Waals surface area contributed by atoms with Crippen LogP contribution in [0.4, 0.5) is 0 Å². The summed E-state index contributed by atoms with van der Waals surface area (Å²) in [5.41, 5.74) is 1.04. The lowest BCUT2D eigenvalue weighted by Gasteiger charge is -2.12. The van der Waals surface area contributed by atoms with Crippen LogP contribution in [-0.2, 0) is 16.6 Å². The van der Waals surface area contributed by atoms with E-state index in [1.54, 1.807) is 17.8 Å². The van der Waals surface area contributed by atoms with Gasteiger partial charge in [0.1, 0.15) is 4.21 Å². The van der Waals surface area contributed by atoms with Gasteiger partial charge in [-0.3, -0.25) is 0 Å². The van der Waals surface area contributed by atoms with E-state index in [4.69, 9.17) is 0 Å². The minimum absolute atomic E-state index is 0.149. The zero-order valence-electron chi connectivity index (χ0n) is 11.9. The second-order valence-electron chi connectivity index (χ2n) is 5.16. The molecule has 0 saturated heterocycles. The standard InChI is InChI=1S/C13H22N2O2S3/c1-3-6-14-8-11-7-12(19-9-11)20(16,17)15-10-13(18-2)4-5-13/h7,9,14-15H,3-6,8,10H2,1-2H3. The number of thioether (sulfide) groups is 1. The predicted octanol–water partition coefficient (Wildman–Crippen LogP) is 2.42. The Labute approximate surface area is 129 Å². The molecule has 7 heteroatoms. The molecule has 1 saturated carbocycles. The normalized spacial score (nSPS) is 17.3. The maximum atomic E-state index is 12.2. The first kappa shape index (κ1) is 16.3.